The fourth-order valence-corrected chi connectivity index (χ4v) is 3.15. The molecule has 0 bridgehead atoms. The number of carbonyl (C=O) groups is 1. The van der Waals surface area contributed by atoms with Gasteiger partial charge in [-0.3, -0.25) is 0 Å². The molecule has 2 rings (SSSR count). The van der Waals surface area contributed by atoms with Crippen molar-refractivity contribution in [3.8, 4) is 17.0 Å². The van der Waals surface area contributed by atoms with E-state index in [9.17, 15) is 18.3 Å². The van der Waals surface area contributed by atoms with E-state index < -0.39 is 16.0 Å². The third-order valence-corrected chi connectivity index (χ3v) is 5.10. The van der Waals surface area contributed by atoms with E-state index in [1.807, 2.05) is 0 Å². The second-order valence-electron chi connectivity index (χ2n) is 4.87. The van der Waals surface area contributed by atoms with Crippen LogP contribution < -0.4 is 4.74 Å². The predicted octanol–water partition coefficient (Wildman–Crippen LogP) is 1.71. The molecule has 0 radical (unpaired) electrons. The van der Waals surface area contributed by atoms with Crippen molar-refractivity contribution >= 4 is 16.0 Å². The number of rotatable bonds is 5. The third kappa shape index (κ3) is 3.17. The molecule has 0 aliphatic carbocycles. The lowest BCUT2D eigenvalue weighted by atomic mass is 10.1. The number of nitrogens with zero attached hydrogens (tertiary/aromatic N) is 2. The lowest BCUT2D eigenvalue weighted by Gasteiger charge is -2.15. The molecule has 1 aromatic heterocycles. The topological polar surface area (TPSA) is 96.8 Å². The normalized spacial score (nSPS) is 11.5. The number of methoxy groups -OCH3 is 1. The summed E-state index contributed by atoms with van der Waals surface area (Å²) in [5.74, 6) is -1.24. The third-order valence-electron chi connectivity index (χ3n) is 3.23. The van der Waals surface area contributed by atoms with E-state index in [-0.39, 0.29) is 16.3 Å². The Balaban J connectivity index is 2.70. The molecule has 0 unspecified atom stereocenters. The zero-order chi connectivity index (χ0) is 17.2. The van der Waals surface area contributed by atoms with Crippen LogP contribution in [0.15, 0.2) is 41.4 Å². The van der Waals surface area contributed by atoms with Gasteiger partial charge in [0.1, 0.15) is 5.56 Å². The average Bonchev–Trinajstić information content (AvgIpc) is 2.54. The maximum atomic E-state index is 12.4. The Morgan fingerprint density at radius 2 is 1.91 bits per heavy atom. The SMILES string of the molecule is COc1ncc(-c2ccccc2S(=O)(=O)N(C)C)cc1C(=O)O. The second-order valence-corrected chi connectivity index (χ2v) is 6.99. The van der Waals surface area contributed by atoms with Crippen LogP contribution in [0.4, 0.5) is 0 Å². The van der Waals surface area contributed by atoms with Gasteiger partial charge in [-0.25, -0.2) is 22.5 Å². The van der Waals surface area contributed by atoms with E-state index in [0.717, 1.165) is 4.31 Å². The van der Waals surface area contributed by atoms with Gasteiger partial charge in [-0.15, -0.1) is 0 Å². The van der Waals surface area contributed by atoms with Crippen LogP contribution in [0, 0.1) is 0 Å². The van der Waals surface area contributed by atoms with Crippen LogP contribution in [0.1, 0.15) is 10.4 Å². The van der Waals surface area contributed by atoms with Crippen molar-refractivity contribution in [2.75, 3.05) is 21.2 Å². The zero-order valence-electron chi connectivity index (χ0n) is 12.8. The number of aromatic carboxylic acids is 1. The van der Waals surface area contributed by atoms with E-state index in [4.69, 9.17) is 4.74 Å². The predicted molar refractivity (Wildman–Crippen MR) is 84.1 cm³/mol. The van der Waals surface area contributed by atoms with E-state index in [1.165, 1.54) is 39.5 Å². The number of sulfonamides is 1. The molecule has 0 saturated heterocycles. The van der Waals surface area contributed by atoms with Gasteiger partial charge in [0.05, 0.1) is 12.0 Å². The molecule has 1 aromatic carbocycles. The summed E-state index contributed by atoms with van der Waals surface area (Å²) in [6.07, 6.45) is 1.38. The molecule has 0 aliphatic heterocycles. The fourth-order valence-electron chi connectivity index (χ4n) is 2.04. The van der Waals surface area contributed by atoms with Gasteiger partial charge in [0.2, 0.25) is 15.9 Å². The molecule has 0 spiro atoms. The minimum atomic E-state index is -3.68. The molecule has 7 nitrogen and oxygen atoms in total. The second kappa shape index (κ2) is 6.35. The van der Waals surface area contributed by atoms with Crippen molar-refractivity contribution in [2.45, 2.75) is 4.90 Å². The molecule has 0 fully saturated rings. The monoisotopic (exact) mass is 336 g/mol. The highest BCUT2D eigenvalue weighted by Crippen LogP contribution is 2.30. The number of pyridine rings is 1. The summed E-state index contributed by atoms with van der Waals surface area (Å²) in [7, 11) is 0.504. The van der Waals surface area contributed by atoms with Crippen molar-refractivity contribution in [3.05, 3.63) is 42.1 Å². The molecule has 2 aromatic rings. The van der Waals surface area contributed by atoms with Gasteiger partial charge in [-0.2, -0.15) is 0 Å². The lowest BCUT2D eigenvalue weighted by molar-refractivity contribution is 0.0692. The molecule has 0 saturated carbocycles. The van der Waals surface area contributed by atoms with Gasteiger partial charge in [-0.05, 0) is 12.1 Å². The summed E-state index contributed by atoms with van der Waals surface area (Å²) in [5.41, 5.74) is 0.616. The maximum Gasteiger partial charge on any atom is 0.341 e. The molecular formula is C15H16N2O5S. The Bertz CT molecular complexity index is 847. The highest BCUT2D eigenvalue weighted by molar-refractivity contribution is 7.89. The first-order chi connectivity index (χ1) is 10.8. The van der Waals surface area contributed by atoms with Crippen molar-refractivity contribution in [1.29, 1.82) is 0 Å². The molecular weight excluding hydrogens is 320 g/mol. The summed E-state index contributed by atoms with van der Waals surface area (Å²) >= 11 is 0. The van der Waals surface area contributed by atoms with Crippen LogP contribution >= 0.6 is 0 Å². The summed E-state index contributed by atoms with van der Waals surface area (Å²) in [6.45, 7) is 0. The van der Waals surface area contributed by atoms with Gasteiger partial charge in [-0.1, -0.05) is 18.2 Å². The van der Waals surface area contributed by atoms with E-state index in [2.05, 4.69) is 4.98 Å². The van der Waals surface area contributed by atoms with E-state index in [0.29, 0.717) is 11.1 Å². The van der Waals surface area contributed by atoms with E-state index in [1.54, 1.807) is 18.2 Å². The number of carboxylic acids is 1. The van der Waals surface area contributed by atoms with Crippen molar-refractivity contribution in [2.24, 2.45) is 0 Å². The Labute approximate surface area is 134 Å². The molecule has 1 heterocycles. The maximum absolute atomic E-state index is 12.4. The molecule has 23 heavy (non-hydrogen) atoms. The zero-order valence-corrected chi connectivity index (χ0v) is 13.7. The summed E-state index contributed by atoms with van der Waals surface area (Å²) in [4.78, 5) is 15.3. The van der Waals surface area contributed by atoms with Gasteiger partial charge < -0.3 is 9.84 Å². The molecule has 122 valence electrons. The van der Waals surface area contributed by atoms with E-state index >= 15 is 0 Å². The minimum absolute atomic E-state index is 0.0332. The highest BCUT2D eigenvalue weighted by atomic mass is 32.2. The van der Waals surface area contributed by atoms with Crippen LogP contribution in [0.2, 0.25) is 0 Å². The number of benzene rings is 1. The first kappa shape index (κ1) is 16.9. The van der Waals surface area contributed by atoms with Crippen LogP contribution in [-0.4, -0.2) is 50.0 Å². The largest absolute Gasteiger partial charge is 0.480 e. The van der Waals surface area contributed by atoms with Crippen LogP contribution in [0.25, 0.3) is 11.1 Å². The first-order valence-electron chi connectivity index (χ1n) is 6.58. The number of ether oxygens (including phenoxy) is 1. The van der Waals surface area contributed by atoms with Crippen LogP contribution in [0.3, 0.4) is 0 Å². The molecule has 8 heteroatoms. The van der Waals surface area contributed by atoms with Crippen LogP contribution in [0.5, 0.6) is 5.88 Å². The van der Waals surface area contributed by atoms with Crippen LogP contribution in [-0.2, 0) is 10.0 Å². The standard InChI is InChI=1S/C15H16N2O5S/c1-17(2)23(20,21)13-7-5-4-6-11(13)10-8-12(15(18)19)14(22-3)16-9-10/h4-9H,1-3H3,(H,18,19). The number of aromatic nitrogens is 1. The smallest absolute Gasteiger partial charge is 0.341 e. The van der Waals surface area contributed by atoms with Crippen molar-refractivity contribution in [3.63, 3.8) is 0 Å². The number of carboxylic acid groups (broad SMARTS) is 1. The fraction of sp³-hybridized carbons (Fsp3) is 0.200. The Kier molecular flexibility index (Phi) is 4.67. The Hall–Kier alpha value is -2.45. The van der Waals surface area contributed by atoms with Crippen molar-refractivity contribution in [1.82, 2.24) is 9.29 Å². The molecule has 0 atom stereocenters. The number of hydrogen-bond acceptors (Lipinski definition) is 5. The van der Waals surface area contributed by atoms with Gasteiger partial charge in [0, 0.05) is 31.4 Å². The Morgan fingerprint density at radius 1 is 1.26 bits per heavy atom. The van der Waals surface area contributed by atoms with Gasteiger partial charge >= 0.3 is 5.97 Å². The summed E-state index contributed by atoms with van der Waals surface area (Å²) in [6, 6.07) is 7.70. The van der Waals surface area contributed by atoms with Gasteiger partial charge in [0.25, 0.3) is 0 Å². The highest BCUT2D eigenvalue weighted by Gasteiger charge is 2.23. The van der Waals surface area contributed by atoms with Crippen molar-refractivity contribution < 1.29 is 23.1 Å². The summed E-state index contributed by atoms with van der Waals surface area (Å²) in [5, 5.41) is 9.24. The minimum Gasteiger partial charge on any atom is -0.480 e. The number of hydrogen-bond donors (Lipinski definition) is 1. The molecule has 1 N–H and O–H groups in total. The molecule has 0 amide bonds. The average molecular weight is 336 g/mol. The molecule has 0 aliphatic rings. The lowest BCUT2D eigenvalue weighted by Crippen LogP contribution is -2.22. The Morgan fingerprint density at radius 3 is 2.48 bits per heavy atom. The van der Waals surface area contributed by atoms with Gasteiger partial charge in [0.15, 0.2) is 0 Å². The quantitative estimate of drug-likeness (QED) is 0.893. The first-order valence-corrected chi connectivity index (χ1v) is 8.02. The summed E-state index contributed by atoms with van der Waals surface area (Å²) < 4.78 is 30.9.